The predicted octanol–water partition coefficient (Wildman–Crippen LogP) is 3.63. The number of fused-ring (bicyclic) bond motifs is 5. The lowest BCUT2D eigenvalue weighted by Crippen LogP contribution is -2.11. The molecule has 0 saturated carbocycles. The Morgan fingerprint density at radius 2 is 1.97 bits per heavy atom. The summed E-state index contributed by atoms with van der Waals surface area (Å²) in [5.41, 5.74) is 3.39. The Bertz CT molecular complexity index is 1270. The molecule has 0 spiro atoms. The lowest BCUT2D eigenvalue weighted by molar-refractivity contribution is 0.216. The van der Waals surface area contributed by atoms with Gasteiger partial charge in [0.25, 0.3) is 0 Å². The molecule has 1 aromatic carbocycles. The van der Waals surface area contributed by atoms with Gasteiger partial charge in [-0.15, -0.1) is 10.2 Å². The van der Waals surface area contributed by atoms with Crippen LogP contribution in [0.3, 0.4) is 0 Å². The molecule has 158 valence electrons. The van der Waals surface area contributed by atoms with Crippen molar-refractivity contribution in [2.45, 2.75) is 13.5 Å². The lowest BCUT2D eigenvalue weighted by atomic mass is 10.1. The number of rotatable bonds is 2. The average molecular weight is 421 g/mol. The summed E-state index contributed by atoms with van der Waals surface area (Å²) in [4.78, 5) is 4.29. The van der Waals surface area contributed by atoms with Crippen LogP contribution in [0.5, 0.6) is 17.4 Å². The number of nitrogens with zero attached hydrogens (tertiary/aromatic N) is 4. The van der Waals surface area contributed by atoms with Crippen molar-refractivity contribution in [2.24, 2.45) is 0 Å². The molecule has 4 aromatic rings. The van der Waals surface area contributed by atoms with Crippen molar-refractivity contribution < 1.29 is 18.6 Å². The fourth-order valence-corrected chi connectivity index (χ4v) is 3.76. The van der Waals surface area contributed by atoms with E-state index >= 15 is 0 Å². The molecule has 0 aliphatic carbocycles. The van der Waals surface area contributed by atoms with Crippen molar-refractivity contribution in [3.8, 4) is 28.5 Å². The van der Waals surface area contributed by atoms with Gasteiger partial charge in [0, 0.05) is 29.4 Å². The molecule has 1 aliphatic heterocycles. The van der Waals surface area contributed by atoms with Gasteiger partial charge in [-0.1, -0.05) is 0 Å². The van der Waals surface area contributed by atoms with Gasteiger partial charge in [-0.25, -0.2) is 9.37 Å². The summed E-state index contributed by atoms with van der Waals surface area (Å²) in [6, 6.07) is 8.65. The third kappa shape index (κ3) is 3.27. The Labute approximate surface area is 177 Å². The second kappa shape index (κ2) is 7.75. The molecule has 1 N–H and O–H groups in total. The molecule has 0 radical (unpaired) electrons. The summed E-state index contributed by atoms with van der Waals surface area (Å²) < 4.78 is 33.6. The standard InChI is InChI=1S/C22H20FN5O3/c1-13-16-11-25-21-19(31-9-8-30-18(13)6-5-17(16)23)10-15(20-27-26-12-28(20)21)14-4-3-7-24-22(14)29-2/h3-7,10,12,25H,8-9,11H2,1-2H3. The van der Waals surface area contributed by atoms with Gasteiger partial charge >= 0.3 is 0 Å². The van der Waals surface area contributed by atoms with Gasteiger partial charge < -0.3 is 19.5 Å². The molecule has 0 amide bonds. The van der Waals surface area contributed by atoms with Crippen molar-refractivity contribution in [2.75, 3.05) is 25.6 Å². The van der Waals surface area contributed by atoms with E-state index < -0.39 is 0 Å². The Hall–Kier alpha value is -3.88. The third-order valence-electron chi connectivity index (χ3n) is 5.32. The largest absolute Gasteiger partial charge is 0.490 e. The van der Waals surface area contributed by atoms with Crippen LogP contribution in [0.25, 0.3) is 16.8 Å². The van der Waals surface area contributed by atoms with Crippen molar-refractivity contribution >= 4 is 11.5 Å². The fraction of sp³-hybridized carbons (Fsp3) is 0.227. The van der Waals surface area contributed by atoms with Crippen molar-refractivity contribution in [3.05, 3.63) is 59.8 Å². The average Bonchev–Trinajstić information content (AvgIpc) is 3.27. The third-order valence-corrected chi connectivity index (χ3v) is 5.32. The quantitative estimate of drug-likeness (QED) is 0.529. The number of methoxy groups -OCH3 is 1. The minimum absolute atomic E-state index is 0.244. The van der Waals surface area contributed by atoms with Gasteiger partial charge in [0.2, 0.25) is 5.88 Å². The highest BCUT2D eigenvalue weighted by atomic mass is 19.1. The zero-order valence-electron chi connectivity index (χ0n) is 17.1. The molecule has 9 heteroatoms. The second-order valence-electron chi connectivity index (χ2n) is 7.06. The minimum Gasteiger partial charge on any atom is -0.490 e. The van der Waals surface area contributed by atoms with Gasteiger partial charge in [0.05, 0.1) is 7.11 Å². The summed E-state index contributed by atoms with van der Waals surface area (Å²) in [7, 11) is 1.57. The molecule has 0 saturated heterocycles. The van der Waals surface area contributed by atoms with E-state index in [-0.39, 0.29) is 12.4 Å². The smallest absolute Gasteiger partial charge is 0.221 e. The van der Waals surface area contributed by atoms with Crippen molar-refractivity contribution in [1.29, 1.82) is 0 Å². The molecule has 4 heterocycles. The van der Waals surface area contributed by atoms with Crippen molar-refractivity contribution in [3.63, 3.8) is 0 Å². The maximum absolute atomic E-state index is 14.5. The van der Waals surface area contributed by atoms with E-state index in [1.807, 2.05) is 25.1 Å². The maximum Gasteiger partial charge on any atom is 0.221 e. The number of halogens is 1. The monoisotopic (exact) mass is 421 g/mol. The number of aromatic nitrogens is 4. The van der Waals surface area contributed by atoms with Gasteiger partial charge in [-0.05, 0) is 42.8 Å². The Kier molecular flexibility index (Phi) is 4.78. The maximum atomic E-state index is 14.5. The van der Waals surface area contributed by atoms with Crippen LogP contribution in [0.15, 0.2) is 42.9 Å². The first-order valence-corrected chi connectivity index (χ1v) is 9.81. The van der Waals surface area contributed by atoms with Crippen LogP contribution in [-0.2, 0) is 6.54 Å². The molecule has 0 unspecified atom stereocenters. The molecule has 3 aromatic heterocycles. The SMILES string of the molecule is COc1ncccc1-c1cc2c(n3cnnc13)NCc1c(F)ccc(c1C)OCCO2. The van der Waals surface area contributed by atoms with Crippen LogP contribution in [0, 0.1) is 12.7 Å². The molecular weight excluding hydrogens is 401 g/mol. The van der Waals surface area contributed by atoms with Crippen molar-refractivity contribution in [1.82, 2.24) is 19.6 Å². The van der Waals surface area contributed by atoms with Crippen LogP contribution in [-0.4, -0.2) is 39.9 Å². The topological polar surface area (TPSA) is 82.8 Å². The highest BCUT2D eigenvalue weighted by Gasteiger charge is 2.21. The first-order valence-electron chi connectivity index (χ1n) is 9.81. The van der Waals surface area contributed by atoms with Crippen LogP contribution in [0.1, 0.15) is 11.1 Å². The lowest BCUT2D eigenvalue weighted by Gasteiger charge is -2.17. The van der Waals surface area contributed by atoms with E-state index in [1.165, 1.54) is 6.07 Å². The molecule has 0 atom stereocenters. The second-order valence-corrected chi connectivity index (χ2v) is 7.06. The molecular formula is C22H20FN5O3. The van der Waals surface area contributed by atoms with E-state index in [2.05, 4.69) is 20.5 Å². The summed E-state index contributed by atoms with van der Waals surface area (Å²) in [5.74, 6) is 2.00. The number of hydrogen-bond acceptors (Lipinski definition) is 7. The van der Waals surface area contributed by atoms with E-state index in [1.54, 1.807) is 30.1 Å². The summed E-state index contributed by atoms with van der Waals surface area (Å²) in [5, 5.41) is 11.7. The van der Waals surface area contributed by atoms with Crippen LogP contribution in [0.2, 0.25) is 0 Å². The number of hydrogen-bond donors (Lipinski definition) is 1. The fourth-order valence-electron chi connectivity index (χ4n) is 3.76. The number of nitrogens with one attached hydrogen (secondary N) is 1. The van der Waals surface area contributed by atoms with Gasteiger partial charge in [-0.2, -0.15) is 0 Å². The Morgan fingerprint density at radius 3 is 2.81 bits per heavy atom. The van der Waals surface area contributed by atoms with E-state index in [9.17, 15) is 4.39 Å². The predicted molar refractivity (Wildman–Crippen MR) is 112 cm³/mol. The van der Waals surface area contributed by atoms with Crippen LogP contribution < -0.4 is 19.5 Å². The molecule has 0 fully saturated rings. The Balaban J connectivity index is 1.67. The van der Waals surface area contributed by atoms with Gasteiger partial charge in [0.1, 0.15) is 31.1 Å². The molecule has 31 heavy (non-hydrogen) atoms. The number of pyridine rings is 2. The first kappa shape index (κ1) is 19.1. The molecule has 2 bridgehead atoms. The van der Waals surface area contributed by atoms with Crippen LogP contribution in [0.4, 0.5) is 10.2 Å². The summed E-state index contributed by atoms with van der Waals surface area (Å²) >= 11 is 0. The normalized spacial score (nSPS) is 13.4. The zero-order valence-corrected chi connectivity index (χ0v) is 17.1. The van der Waals surface area contributed by atoms with E-state index in [4.69, 9.17) is 14.2 Å². The number of anilines is 1. The van der Waals surface area contributed by atoms with Gasteiger partial charge in [0.15, 0.2) is 17.2 Å². The van der Waals surface area contributed by atoms with Gasteiger partial charge in [-0.3, -0.25) is 4.40 Å². The highest BCUT2D eigenvalue weighted by molar-refractivity contribution is 5.84. The molecule has 5 rings (SSSR count). The minimum atomic E-state index is -0.296. The van der Waals surface area contributed by atoms with E-state index in [0.717, 1.165) is 16.7 Å². The summed E-state index contributed by atoms with van der Waals surface area (Å²) in [6.45, 7) is 2.71. The summed E-state index contributed by atoms with van der Waals surface area (Å²) in [6.07, 6.45) is 3.25. The highest BCUT2D eigenvalue weighted by Crippen LogP contribution is 2.38. The number of ether oxygens (including phenoxy) is 3. The van der Waals surface area contributed by atoms with Crippen LogP contribution >= 0.6 is 0 Å². The first-order chi connectivity index (χ1) is 15.2. The van der Waals surface area contributed by atoms with E-state index in [0.29, 0.717) is 47.6 Å². The molecule has 1 aliphatic rings. The Morgan fingerprint density at radius 1 is 1.13 bits per heavy atom. The zero-order chi connectivity index (χ0) is 21.4. The number of benzene rings is 1. The molecule has 8 nitrogen and oxygen atoms in total.